The molecule has 3 amide bonds. The van der Waals surface area contributed by atoms with Crippen LogP contribution in [-0.2, 0) is 20.8 Å². The van der Waals surface area contributed by atoms with Crippen molar-refractivity contribution in [3.8, 4) is 11.5 Å². The number of benzene rings is 1. The average molecular weight is 398 g/mol. The number of hydrogen-bond donors (Lipinski definition) is 1. The molecule has 0 unspecified atom stereocenters. The molecule has 2 aliphatic carbocycles. The highest BCUT2D eigenvalue weighted by Gasteiger charge is 2.60. The number of anilines is 1. The van der Waals surface area contributed by atoms with Gasteiger partial charge in [0, 0.05) is 24.7 Å². The van der Waals surface area contributed by atoms with Gasteiger partial charge in [0.25, 0.3) is 0 Å². The number of aryl methyl sites for hydroxylation is 1. The second-order valence-electron chi connectivity index (χ2n) is 8.62. The minimum atomic E-state index is -0.207. The van der Waals surface area contributed by atoms with Crippen LogP contribution in [0.15, 0.2) is 12.1 Å². The van der Waals surface area contributed by atoms with E-state index in [0.717, 1.165) is 37.7 Å². The molecule has 2 saturated carbocycles. The Bertz CT molecular complexity index is 854. The molecule has 4 aliphatic rings. The molecule has 7 heteroatoms. The van der Waals surface area contributed by atoms with Crippen molar-refractivity contribution in [1.29, 1.82) is 0 Å². The van der Waals surface area contributed by atoms with E-state index < -0.39 is 0 Å². The summed E-state index contributed by atoms with van der Waals surface area (Å²) in [6.07, 6.45) is 4.98. The third-order valence-electron chi connectivity index (χ3n) is 6.97. The normalized spacial score (nSPS) is 28.9. The summed E-state index contributed by atoms with van der Waals surface area (Å²) in [4.78, 5) is 39.5. The molecule has 0 radical (unpaired) electrons. The summed E-state index contributed by atoms with van der Waals surface area (Å²) in [5.74, 6) is 1.46. The number of likely N-dealkylation sites (tertiary alicyclic amines) is 1. The smallest absolute Gasteiger partial charge is 0.233 e. The Morgan fingerprint density at radius 1 is 1.10 bits per heavy atom. The summed E-state index contributed by atoms with van der Waals surface area (Å²) in [5.41, 5.74) is 1.69. The molecule has 1 N–H and O–H groups in total. The Hall–Kier alpha value is -2.57. The van der Waals surface area contributed by atoms with Gasteiger partial charge >= 0.3 is 0 Å². The molecule has 5 rings (SSSR count). The standard InChI is InChI=1S/C22H26N2O5/c1-2-3-12-9-16-17(29-11-28-16)10-15(12)23-18(25)6-7-24-21(26)19-13-4-5-14(8-13)20(19)22(24)27/h9-10,13-14,19-20H,2-8,11H2,1H3,(H,23,25)/t13-,14-,19-,20+/m0/s1. The first-order valence-corrected chi connectivity index (χ1v) is 10.6. The van der Waals surface area contributed by atoms with Crippen LogP contribution in [0.1, 0.15) is 44.6 Å². The zero-order chi connectivity index (χ0) is 20.1. The average Bonchev–Trinajstić information content (AvgIpc) is 3.46. The fourth-order valence-electron chi connectivity index (χ4n) is 5.69. The summed E-state index contributed by atoms with van der Waals surface area (Å²) in [6.45, 7) is 2.41. The van der Waals surface area contributed by atoms with E-state index in [0.29, 0.717) is 29.0 Å². The van der Waals surface area contributed by atoms with Crippen LogP contribution in [-0.4, -0.2) is 36.0 Å². The number of carbonyl (C=O) groups excluding carboxylic acids is 3. The van der Waals surface area contributed by atoms with Gasteiger partial charge in [0.2, 0.25) is 24.5 Å². The quantitative estimate of drug-likeness (QED) is 0.745. The molecule has 2 bridgehead atoms. The molecular weight excluding hydrogens is 372 g/mol. The number of amides is 3. The van der Waals surface area contributed by atoms with E-state index in [9.17, 15) is 14.4 Å². The van der Waals surface area contributed by atoms with Crippen molar-refractivity contribution < 1.29 is 23.9 Å². The van der Waals surface area contributed by atoms with Gasteiger partial charge in [-0.25, -0.2) is 0 Å². The van der Waals surface area contributed by atoms with Gasteiger partial charge in [-0.3, -0.25) is 19.3 Å². The van der Waals surface area contributed by atoms with E-state index in [1.54, 1.807) is 6.07 Å². The highest BCUT2D eigenvalue weighted by atomic mass is 16.7. The largest absolute Gasteiger partial charge is 0.454 e. The van der Waals surface area contributed by atoms with E-state index in [-0.39, 0.29) is 49.3 Å². The van der Waals surface area contributed by atoms with Crippen molar-refractivity contribution in [2.75, 3.05) is 18.7 Å². The molecule has 29 heavy (non-hydrogen) atoms. The molecule has 2 aliphatic heterocycles. The molecule has 3 fully saturated rings. The van der Waals surface area contributed by atoms with Crippen molar-refractivity contribution in [3.63, 3.8) is 0 Å². The Labute approximate surface area is 169 Å². The summed E-state index contributed by atoms with van der Waals surface area (Å²) in [5, 5.41) is 2.94. The number of ether oxygens (including phenoxy) is 2. The lowest BCUT2D eigenvalue weighted by Gasteiger charge is -2.19. The number of fused-ring (bicyclic) bond motifs is 6. The van der Waals surface area contributed by atoms with Gasteiger partial charge in [0.05, 0.1) is 11.8 Å². The molecule has 1 aromatic carbocycles. The molecule has 1 saturated heterocycles. The fourth-order valence-corrected chi connectivity index (χ4v) is 5.69. The Morgan fingerprint density at radius 3 is 2.41 bits per heavy atom. The maximum absolute atomic E-state index is 12.8. The highest BCUT2D eigenvalue weighted by Crippen LogP contribution is 2.56. The van der Waals surface area contributed by atoms with Crippen LogP contribution in [0.5, 0.6) is 11.5 Å². The third kappa shape index (κ3) is 2.98. The van der Waals surface area contributed by atoms with E-state index in [2.05, 4.69) is 12.2 Å². The summed E-state index contributed by atoms with van der Waals surface area (Å²) >= 11 is 0. The third-order valence-corrected chi connectivity index (χ3v) is 6.97. The van der Waals surface area contributed by atoms with Gasteiger partial charge < -0.3 is 14.8 Å². The lowest BCUT2D eigenvalue weighted by molar-refractivity contribution is -0.140. The predicted octanol–water partition coefficient (Wildman–Crippen LogP) is 2.73. The molecule has 2 heterocycles. The van der Waals surface area contributed by atoms with Gasteiger partial charge in [-0.1, -0.05) is 13.3 Å². The topological polar surface area (TPSA) is 84.9 Å². The van der Waals surface area contributed by atoms with Gasteiger partial charge in [-0.05, 0) is 49.1 Å². The van der Waals surface area contributed by atoms with Crippen molar-refractivity contribution in [2.45, 2.75) is 45.4 Å². The van der Waals surface area contributed by atoms with Gasteiger partial charge in [0.15, 0.2) is 11.5 Å². The zero-order valence-electron chi connectivity index (χ0n) is 16.6. The van der Waals surface area contributed by atoms with Crippen LogP contribution in [0.25, 0.3) is 0 Å². The number of imide groups is 1. The van der Waals surface area contributed by atoms with Crippen molar-refractivity contribution in [1.82, 2.24) is 4.90 Å². The van der Waals surface area contributed by atoms with Crippen molar-refractivity contribution in [3.05, 3.63) is 17.7 Å². The molecule has 4 atom stereocenters. The molecule has 1 aromatic rings. The van der Waals surface area contributed by atoms with E-state index in [4.69, 9.17) is 9.47 Å². The van der Waals surface area contributed by atoms with Gasteiger partial charge in [-0.15, -0.1) is 0 Å². The van der Waals surface area contributed by atoms with Crippen LogP contribution in [0.3, 0.4) is 0 Å². The minimum absolute atomic E-state index is 0.0604. The SMILES string of the molecule is CCCc1cc2c(cc1NC(=O)CCN1C(=O)[C@@H]3[C@H]4CC[C@@H](C4)[C@@H]3C1=O)OCO2. The van der Waals surface area contributed by atoms with Crippen LogP contribution in [0.2, 0.25) is 0 Å². The Morgan fingerprint density at radius 2 is 1.76 bits per heavy atom. The number of nitrogens with one attached hydrogen (secondary N) is 1. The predicted molar refractivity (Wildman–Crippen MR) is 104 cm³/mol. The number of carbonyl (C=O) groups is 3. The lowest BCUT2D eigenvalue weighted by Crippen LogP contribution is -2.35. The zero-order valence-corrected chi connectivity index (χ0v) is 16.6. The van der Waals surface area contributed by atoms with Crippen LogP contribution < -0.4 is 14.8 Å². The Kier molecular flexibility index (Phi) is 4.48. The van der Waals surface area contributed by atoms with Gasteiger partial charge in [-0.2, -0.15) is 0 Å². The Balaban J connectivity index is 1.24. The maximum Gasteiger partial charge on any atom is 0.233 e. The minimum Gasteiger partial charge on any atom is -0.454 e. The fraction of sp³-hybridized carbons (Fsp3) is 0.591. The molecular formula is C22H26N2O5. The lowest BCUT2D eigenvalue weighted by atomic mass is 9.81. The summed E-state index contributed by atoms with van der Waals surface area (Å²) < 4.78 is 10.8. The summed E-state index contributed by atoms with van der Waals surface area (Å²) in [6, 6.07) is 3.70. The van der Waals surface area contributed by atoms with Gasteiger partial charge in [0.1, 0.15) is 0 Å². The first-order valence-electron chi connectivity index (χ1n) is 10.6. The number of nitrogens with zero attached hydrogens (tertiary/aromatic N) is 1. The molecule has 0 spiro atoms. The first-order chi connectivity index (χ1) is 14.1. The summed E-state index contributed by atoms with van der Waals surface area (Å²) in [7, 11) is 0. The first kappa shape index (κ1) is 18.5. The van der Waals surface area contributed by atoms with Crippen LogP contribution >= 0.6 is 0 Å². The molecule has 154 valence electrons. The van der Waals surface area contributed by atoms with E-state index >= 15 is 0 Å². The van der Waals surface area contributed by atoms with Crippen molar-refractivity contribution >= 4 is 23.4 Å². The number of rotatable bonds is 6. The van der Waals surface area contributed by atoms with E-state index in [1.165, 1.54) is 4.90 Å². The second kappa shape index (κ2) is 7.04. The van der Waals surface area contributed by atoms with Crippen LogP contribution in [0, 0.1) is 23.7 Å². The second-order valence-corrected chi connectivity index (χ2v) is 8.62. The van der Waals surface area contributed by atoms with Crippen LogP contribution in [0.4, 0.5) is 5.69 Å². The molecule has 7 nitrogen and oxygen atoms in total. The molecule has 0 aromatic heterocycles. The maximum atomic E-state index is 12.8. The monoisotopic (exact) mass is 398 g/mol. The highest BCUT2D eigenvalue weighted by molar-refractivity contribution is 6.06. The van der Waals surface area contributed by atoms with Crippen molar-refractivity contribution in [2.24, 2.45) is 23.7 Å². The number of hydrogen-bond acceptors (Lipinski definition) is 5. The van der Waals surface area contributed by atoms with E-state index in [1.807, 2.05) is 6.07 Å².